The zero-order valence-corrected chi connectivity index (χ0v) is 9.39. The van der Waals surface area contributed by atoms with Crippen LogP contribution in [0.1, 0.15) is 10.4 Å². The summed E-state index contributed by atoms with van der Waals surface area (Å²) in [5, 5.41) is 0.357. The Labute approximate surface area is 102 Å². The molecule has 0 spiro atoms. The van der Waals surface area contributed by atoms with Gasteiger partial charge >= 0.3 is 0 Å². The van der Waals surface area contributed by atoms with Crippen LogP contribution in [-0.4, -0.2) is 15.9 Å². The number of carbonyl (C=O) groups excluding carboxylic acids is 1. The van der Waals surface area contributed by atoms with E-state index in [1.54, 1.807) is 30.5 Å². The number of rotatable bonds is 3. The van der Waals surface area contributed by atoms with Crippen molar-refractivity contribution in [2.24, 2.45) is 0 Å². The standard InChI is InChI=1S/C11H8ClN3O2/c12-10-4-3-9(7-14-10)17-15-11(16)8-2-1-5-13-6-8/h1-7H,(H,15,16). The largest absolute Gasteiger partial charge is 0.378 e. The molecule has 0 aliphatic heterocycles. The van der Waals surface area contributed by atoms with Crippen molar-refractivity contribution in [2.75, 3.05) is 0 Å². The maximum atomic E-state index is 11.6. The van der Waals surface area contributed by atoms with E-state index in [4.69, 9.17) is 16.4 Å². The van der Waals surface area contributed by atoms with Crippen LogP contribution in [0.3, 0.4) is 0 Å². The molecule has 1 N–H and O–H groups in total. The smallest absolute Gasteiger partial charge is 0.285 e. The summed E-state index contributed by atoms with van der Waals surface area (Å²) in [7, 11) is 0. The van der Waals surface area contributed by atoms with Gasteiger partial charge in [-0.1, -0.05) is 11.6 Å². The fourth-order valence-electron chi connectivity index (χ4n) is 1.08. The van der Waals surface area contributed by atoms with Crippen LogP contribution in [-0.2, 0) is 0 Å². The molecule has 0 saturated carbocycles. The molecular weight excluding hydrogens is 242 g/mol. The van der Waals surface area contributed by atoms with Gasteiger partial charge in [0.1, 0.15) is 5.15 Å². The van der Waals surface area contributed by atoms with Crippen LogP contribution >= 0.6 is 11.6 Å². The number of nitrogens with one attached hydrogen (secondary N) is 1. The minimum absolute atomic E-state index is 0.357. The first kappa shape index (κ1) is 11.3. The van der Waals surface area contributed by atoms with Crippen molar-refractivity contribution >= 4 is 17.5 Å². The van der Waals surface area contributed by atoms with E-state index < -0.39 is 0 Å². The maximum absolute atomic E-state index is 11.6. The molecule has 0 unspecified atom stereocenters. The molecule has 0 fully saturated rings. The number of pyridine rings is 2. The van der Waals surface area contributed by atoms with Crippen molar-refractivity contribution in [3.63, 3.8) is 0 Å². The van der Waals surface area contributed by atoms with Crippen molar-refractivity contribution in [3.8, 4) is 5.75 Å². The molecule has 2 rings (SSSR count). The van der Waals surface area contributed by atoms with Crippen LogP contribution in [0.15, 0.2) is 42.9 Å². The molecule has 0 aliphatic rings. The van der Waals surface area contributed by atoms with Crippen LogP contribution in [0.4, 0.5) is 0 Å². The number of amides is 1. The predicted octanol–water partition coefficient (Wildman–Crippen LogP) is 1.85. The van der Waals surface area contributed by atoms with E-state index in [-0.39, 0.29) is 5.91 Å². The number of halogens is 1. The molecule has 0 atom stereocenters. The van der Waals surface area contributed by atoms with Gasteiger partial charge in [0.15, 0.2) is 5.75 Å². The molecule has 2 aromatic rings. The van der Waals surface area contributed by atoms with Gasteiger partial charge in [0.2, 0.25) is 0 Å². The Morgan fingerprint density at radius 3 is 2.82 bits per heavy atom. The molecule has 0 saturated heterocycles. The zero-order chi connectivity index (χ0) is 12.1. The van der Waals surface area contributed by atoms with E-state index in [2.05, 4.69) is 15.4 Å². The van der Waals surface area contributed by atoms with Gasteiger partial charge in [-0.2, -0.15) is 5.48 Å². The van der Waals surface area contributed by atoms with Gasteiger partial charge in [0.25, 0.3) is 5.91 Å². The van der Waals surface area contributed by atoms with Gasteiger partial charge in [-0.25, -0.2) is 4.98 Å². The van der Waals surface area contributed by atoms with E-state index in [1.807, 2.05) is 0 Å². The molecule has 6 heteroatoms. The molecular formula is C11H8ClN3O2. The summed E-state index contributed by atoms with van der Waals surface area (Å²) >= 11 is 5.61. The Hall–Kier alpha value is -2.14. The third-order valence-electron chi connectivity index (χ3n) is 1.89. The maximum Gasteiger partial charge on any atom is 0.285 e. The second-order valence-electron chi connectivity index (χ2n) is 3.09. The second-order valence-corrected chi connectivity index (χ2v) is 3.48. The summed E-state index contributed by atoms with van der Waals surface area (Å²) in [6.07, 6.45) is 4.44. The monoisotopic (exact) mass is 249 g/mol. The van der Waals surface area contributed by atoms with Crippen molar-refractivity contribution in [1.29, 1.82) is 0 Å². The van der Waals surface area contributed by atoms with Crippen LogP contribution in [0, 0.1) is 0 Å². The lowest BCUT2D eigenvalue weighted by Crippen LogP contribution is -2.27. The minimum Gasteiger partial charge on any atom is -0.378 e. The number of nitrogens with zero attached hydrogens (tertiary/aromatic N) is 2. The predicted molar refractivity (Wildman–Crippen MR) is 61.6 cm³/mol. The fraction of sp³-hybridized carbons (Fsp3) is 0. The van der Waals surface area contributed by atoms with E-state index in [1.165, 1.54) is 12.4 Å². The van der Waals surface area contributed by atoms with Crippen molar-refractivity contribution in [3.05, 3.63) is 53.6 Å². The van der Waals surface area contributed by atoms with E-state index >= 15 is 0 Å². The number of aromatic nitrogens is 2. The third kappa shape index (κ3) is 3.15. The van der Waals surface area contributed by atoms with E-state index in [0.29, 0.717) is 16.5 Å². The second kappa shape index (κ2) is 5.27. The number of hydrogen-bond acceptors (Lipinski definition) is 4. The fourth-order valence-corrected chi connectivity index (χ4v) is 1.20. The van der Waals surface area contributed by atoms with Crippen LogP contribution in [0.2, 0.25) is 5.15 Å². The Balaban J connectivity index is 1.95. The number of carbonyl (C=O) groups is 1. The normalized spacial score (nSPS) is 9.71. The summed E-state index contributed by atoms with van der Waals surface area (Å²) < 4.78 is 0. The lowest BCUT2D eigenvalue weighted by Gasteiger charge is -2.05. The average molecular weight is 250 g/mol. The van der Waals surface area contributed by atoms with Crippen molar-refractivity contribution in [1.82, 2.24) is 15.4 Å². The summed E-state index contributed by atoms with van der Waals surface area (Å²) in [6, 6.07) is 6.45. The molecule has 2 heterocycles. The number of hydrogen-bond donors (Lipinski definition) is 1. The highest BCUT2D eigenvalue weighted by molar-refractivity contribution is 6.29. The average Bonchev–Trinajstić information content (AvgIpc) is 2.39. The Bertz CT molecular complexity index is 502. The summed E-state index contributed by atoms with van der Waals surface area (Å²) in [5.41, 5.74) is 2.68. The van der Waals surface area contributed by atoms with Crippen LogP contribution in [0.25, 0.3) is 0 Å². The van der Waals surface area contributed by atoms with Gasteiger partial charge in [-0.05, 0) is 24.3 Å². The molecule has 0 aromatic carbocycles. The first-order chi connectivity index (χ1) is 8.25. The highest BCUT2D eigenvalue weighted by Crippen LogP contribution is 2.11. The third-order valence-corrected chi connectivity index (χ3v) is 2.11. The highest BCUT2D eigenvalue weighted by atomic mass is 35.5. The quantitative estimate of drug-likeness (QED) is 0.666. The Morgan fingerprint density at radius 1 is 1.29 bits per heavy atom. The first-order valence-electron chi connectivity index (χ1n) is 4.74. The minimum atomic E-state index is -0.381. The van der Waals surface area contributed by atoms with Crippen LogP contribution in [0.5, 0.6) is 5.75 Å². The van der Waals surface area contributed by atoms with E-state index in [0.717, 1.165) is 0 Å². The number of hydroxylamine groups is 1. The molecule has 86 valence electrons. The molecule has 1 amide bonds. The molecule has 5 nitrogen and oxygen atoms in total. The summed E-state index contributed by atoms with van der Waals surface area (Å²) in [6.45, 7) is 0. The van der Waals surface area contributed by atoms with Gasteiger partial charge in [0.05, 0.1) is 11.8 Å². The Kier molecular flexibility index (Phi) is 3.52. The SMILES string of the molecule is O=C(NOc1ccc(Cl)nc1)c1cccnc1. The molecule has 0 bridgehead atoms. The molecule has 0 aliphatic carbocycles. The van der Waals surface area contributed by atoms with Gasteiger partial charge in [-0.15, -0.1) is 0 Å². The van der Waals surface area contributed by atoms with Gasteiger partial charge in [0, 0.05) is 12.4 Å². The highest BCUT2D eigenvalue weighted by Gasteiger charge is 2.05. The summed E-state index contributed by atoms with van der Waals surface area (Å²) in [4.78, 5) is 24.2. The molecule has 2 aromatic heterocycles. The zero-order valence-electron chi connectivity index (χ0n) is 8.63. The molecule has 17 heavy (non-hydrogen) atoms. The molecule has 0 radical (unpaired) electrons. The van der Waals surface area contributed by atoms with E-state index in [9.17, 15) is 4.79 Å². The van der Waals surface area contributed by atoms with Crippen molar-refractivity contribution in [2.45, 2.75) is 0 Å². The first-order valence-corrected chi connectivity index (χ1v) is 5.12. The summed E-state index contributed by atoms with van der Waals surface area (Å²) in [5.74, 6) is 0.0136. The lowest BCUT2D eigenvalue weighted by molar-refractivity contribution is 0.0759. The van der Waals surface area contributed by atoms with Crippen molar-refractivity contribution < 1.29 is 9.63 Å². The van der Waals surface area contributed by atoms with Gasteiger partial charge in [-0.3, -0.25) is 9.78 Å². The Morgan fingerprint density at radius 2 is 2.18 bits per heavy atom. The lowest BCUT2D eigenvalue weighted by atomic mass is 10.3. The van der Waals surface area contributed by atoms with Gasteiger partial charge < -0.3 is 4.84 Å². The topological polar surface area (TPSA) is 64.1 Å². The van der Waals surface area contributed by atoms with Crippen LogP contribution < -0.4 is 10.3 Å².